The van der Waals surface area contributed by atoms with Crippen molar-refractivity contribution in [1.82, 2.24) is 20.3 Å². The Balaban J connectivity index is 2.14. The average Bonchev–Trinajstić information content (AvgIpc) is 2.66. The Morgan fingerprint density at radius 1 is 1.33 bits per heavy atom. The molecular weight excluding hydrogens is 188 g/mol. The highest BCUT2D eigenvalue weighted by atomic mass is 15.4. The zero-order valence-corrected chi connectivity index (χ0v) is 9.87. The molecule has 0 aliphatic rings. The maximum absolute atomic E-state index is 4.15. The Bertz CT molecular complexity index is 257. The standard InChI is InChI=1S/C11H22N4/c1-3-9-15-10-11(13-14-15)7-5-6-8-12-4-2/h10,12H,3-9H2,1-2H3. The van der Waals surface area contributed by atoms with Crippen LogP contribution in [0.25, 0.3) is 0 Å². The predicted octanol–water partition coefficient (Wildman–Crippen LogP) is 1.62. The monoisotopic (exact) mass is 210 g/mol. The van der Waals surface area contributed by atoms with Crippen LogP contribution in [-0.4, -0.2) is 28.1 Å². The molecule has 0 unspecified atom stereocenters. The molecule has 1 rings (SSSR count). The van der Waals surface area contributed by atoms with Crippen molar-refractivity contribution in [2.24, 2.45) is 0 Å². The number of nitrogens with zero attached hydrogens (tertiary/aromatic N) is 3. The van der Waals surface area contributed by atoms with Crippen molar-refractivity contribution in [2.45, 2.75) is 46.1 Å². The molecule has 4 nitrogen and oxygen atoms in total. The van der Waals surface area contributed by atoms with E-state index in [1.165, 1.54) is 12.8 Å². The Kier molecular flexibility index (Phi) is 6.00. The van der Waals surface area contributed by atoms with Crippen molar-refractivity contribution in [2.75, 3.05) is 13.1 Å². The minimum Gasteiger partial charge on any atom is -0.317 e. The molecule has 0 aliphatic heterocycles. The number of aryl methyl sites for hydroxylation is 2. The number of nitrogens with one attached hydrogen (secondary N) is 1. The Hall–Kier alpha value is -0.900. The van der Waals surface area contributed by atoms with Gasteiger partial charge in [0.2, 0.25) is 0 Å². The fourth-order valence-electron chi connectivity index (χ4n) is 1.52. The molecule has 4 heteroatoms. The molecule has 0 bridgehead atoms. The summed E-state index contributed by atoms with van der Waals surface area (Å²) in [7, 11) is 0. The molecule has 0 amide bonds. The molecular formula is C11H22N4. The highest BCUT2D eigenvalue weighted by Crippen LogP contribution is 2.00. The van der Waals surface area contributed by atoms with Crippen LogP contribution < -0.4 is 5.32 Å². The van der Waals surface area contributed by atoms with Crippen molar-refractivity contribution in [3.63, 3.8) is 0 Å². The van der Waals surface area contributed by atoms with Gasteiger partial charge in [0.25, 0.3) is 0 Å². The second kappa shape index (κ2) is 7.40. The molecule has 0 atom stereocenters. The molecule has 0 radical (unpaired) electrons. The van der Waals surface area contributed by atoms with E-state index in [1.54, 1.807) is 0 Å². The summed E-state index contributed by atoms with van der Waals surface area (Å²) in [4.78, 5) is 0. The Labute approximate surface area is 92.1 Å². The molecule has 1 N–H and O–H groups in total. The van der Waals surface area contributed by atoms with Crippen LogP contribution >= 0.6 is 0 Å². The summed E-state index contributed by atoms with van der Waals surface area (Å²) in [6.07, 6.45) is 6.64. The Morgan fingerprint density at radius 3 is 2.93 bits per heavy atom. The zero-order chi connectivity index (χ0) is 10.9. The smallest absolute Gasteiger partial charge is 0.0827 e. The summed E-state index contributed by atoms with van der Waals surface area (Å²) >= 11 is 0. The van der Waals surface area contributed by atoms with Crippen molar-refractivity contribution >= 4 is 0 Å². The molecule has 15 heavy (non-hydrogen) atoms. The van der Waals surface area contributed by atoms with E-state index >= 15 is 0 Å². The molecule has 1 aromatic rings. The highest BCUT2D eigenvalue weighted by molar-refractivity contribution is 4.92. The zero-order valence-electron chi connectivity index (χ0n) is 9.87. The third kappa shape index (κ3) is 4.93. The molecule has 0 spiro atoms. The van der Waals surface area contributed by atoms with Crippen molar-refractivity contribution in [1.29, 1.82) is 0 Å². The number of hydrogen-bond acceptors (Lipinski definition) is 3. The lowest BCUT2D eigenvalue weighted by Crippen LogP contribution is -2.13. The number of aromatic nitrogens is 3. The van der Waals surface area contributed by atoms with E-state index in [-0.39, 0.29) is 0 Å². The molecule has 0 saturated heterocycles. The fraction of sp³-hybridized carbons (Fsp3) is 0.818. The normalized spacial score (nSPS) is 10.8. The van der Waals surface area contributed by atoms with E-state index in [1.807, 2.05) is 4.68 Å². The quantitative estimate of drug-likeness (QED) is 0.663. The third-order valence-corrected chi connectivity index (χ3v) is 2.33. The lowest BCUT2D eigenvalue weighted by atomic mass is 10.2. The molecule has 0 fully saturated rings. The van der Waals surface area contributed by atoms with E-state index < -0.39 is 0 Å². The summed E-state index contributed by atoms with van der Waals surface area (Å²) in [6.45, 7) is 7.44. The first-order valence-corrected chi connectivity index (χ1v) is 5.96. The molecule has 0 saturated carbocycles. The average molecular weight is 210 g/mol. The number of unbranched alkanes of at least 4 members (excludes halogenated alkanes) is 1. The second-order valence-electron chi connectivity index (χ2n) is 3.78. The van der Waals surface area contributed by atoms with Gasteiger partial charge >= 0.3 is 0 Å². The summed E-state index contributed by atoms with van der Waals surface area (Å²) in [5.74, 6) is 0. The van der Waals surface area contributed by atoms with Gasteiger partial charge in [0.1, 0.15) is 0 Å². The lowest BCUT2D eigenvalue weighted by molar-refractivity contribution is 0.578. The lowest BCUT2D eigenvalue weighted by Gasteiger charge is -1.99. The maximum Gasteiger partial charge on any atom is 0.0827 e. The first-order valence-electron chi connectivity index (χ1n) is 5.96. The van der Waals surface area contributed by atoms with Crippen LogP contribution in [0.2, 0.25) is 0 Å². The van der Waals surface area contributed by atoms with Gasteiger partial charge in [0.15, 0.2) is 0 Å². The first kappa shape index (κ1) is 12.2. The third-order valence-electron chi connectivity index (χ3n) is 2.33. The molecule has 1 aromatic heterocycles. The molecule has 0 aliphatic carbocycles. The van der Waals surface area contributed by atoms with E-state index in [9.17, 15) is 0 Å². The largest absolute Gasteiger partial charge is 0.317 e. The predicted molar refractivity (Wildman–Crippen MR) is 61.8 cm³/mol. The first-order chi connectivity index (χ1) is 7.36. The van der Waals surface area contributed by atoms with Crippen molar-refractivity contribution in [3.8, 4) is 0 Å². The van der Waals surface area contributed by atoms with Crippen LogP contribution in [-0.2, 0) is 13.0 Å². The summed E-state index contributed by atoms with van der Waals surface area (Å²) in [5.41, 5.74) is 1.12. The molecule has 0 aromatic carbocycles. The Morgan fingerprint density at radius 2 is 2.20 bits per heavy atom. The van der Waals surface area contributed by atoms with Gasteiger partial charge < -0.3 is 5.32 Å². The summed E-state index contributed by atoms with van der Waals surface area (Å²) in [6, 6.07) is 0. The van der Waals surface area contributed by atoms with Crippen LogP contribution in [0, 0.1) is 0 Å². The van der Waals surface area contributed by atoms with E-state index in [4.69, 9.17) is 0 Å². The minimum absolute atomic E-state index is 0.977. The number of hydrogen-bond donors (Lipinski definition) is 1. The summed E-state index contributed by atoms with van der Waals surface area (Å²) in [5, 5.41) is 11.5. The van der Waals surface area contributed by atoms with Gasteiger partial charge in [0.05, 0.1) is 5.69 Å². The van der Waals surface area contributed by atoms with E-state index in [0.717, 1.165) is 38.2 Å². The van der Waals surface area contributed by atoms with Gasteiger partial charge in [-0.3, -0.25) is 4.68 Å². The fourth-order valence-corrected chi connectivity index (χ4v) is 1.52. The number of rotatable bonds is 8. The van der Waals surface area contributed by atoms with Gasteiger partial charge in [0, 0.05) is 12.7 Å². The second-order valence-corrected chi connectivity index (χ2v) is 3.78. The maximum atomic E-state index is 4.15. The highest BCUT2D eigenvalue weighted by Gasteiger charge is 1.99. The van der Waals surface area contributed by atoms with Gasteiger partial charge in [-0.05, 0) is 38.8 Å². The van der Waals surface area contributed by atoms with Crippen LogP contribution in [0.5, 0.6) is 0 Å². The minimum atomic E-state index is 0.977. The van der Waals surface area contributed by atoms with E-state index in [2.05, 4.69) is 35.7 Å². The topological polar surface area (TPSA) is 42.7 Å². The van der Waals surface area contributed by atoms with Crippen LogP contribution in [0.3, 0.4) is 0 Å². The van der Waals surface area contributed by atoms with E-state index in [0.29, 0.717) is 0 Å². The van der Waals surface area contributed by atoms with Crippen LogP contribution in [0.1, 0.15) is 38.8 Å². The van der Waals surface area contributed by atoms with Gasteiger partial charge in [-0.25, -0.2) is 0 Å². The molecule has 1 heterocycles. The summed E-state index contributed by atoms with van der Waals surface area (Å²) < 4.78 is 1.93. The van der Waals surface area contributed by atoms with Crippen molar-refractivity contribution in [3.05, 3.63) is 11.9 Å². The van der Waals surface area contributed by atoms with Crippen LogP contribution in [0.4, 0.5) is 0 Å². The molecule has 86 valence electrons. The van der Waals surface area contributed by atoms with Gasteiger partial charge in [-0.1, -0.05) is 19.1 Å². The van der Waals surface area contributed by atoms with Gasteiger partial charge in [-0.15, -0.1) is 5.10 Å². The van der Waals surface area contributed by atoms with Crippen LogP contribution in [0.15, 0.2) is 6.20 Å². The van der Waals surface area contributed by atoms with Gasteiger partial charge in [-0.2, -0.15) is 0 Å². The SMILES string of the molecule is CCCn1cc(CCCCNCC)nn1. The van der Waals surface area contributed by atoms with Crippen molar-refractivity contribution < 1.29 is 0 Å².